The van der Waals surface area contributed by atoms with E-state index in [1.54, 1.807) is 15.6 Å². The Morgan fingerprint density at radius 2 is 1.39 bits per heavy atom. The number of hydrogen-bond acceptors (Lipinski definition) is 1. The van der Waals surface area contributed by atoms with Crippen molar-refractivity contribution in [2.45, 2.75) is 51.5 Å². The molecule has 0 saturated heterocycles. The Morgan fingerprint density at radius 3 is 2.18 bits per heavy atom. The molecule has 0 amide bonds. The van der Waals surface area contributed by atoms with Gasteiger partial charge in [-0.15, -0.1) is 0 Å². The van der Waals surface area contributed by atoms with Crippen molar-refractivity contribution in [3.8, 4) is 0 Å². The molecule has 1 fully saturated rings. The van der Waals surface area contributed by atoms with Gasteiger partial charge in [0, 0.05) is 11.4 Å². The Kier molecular flexibility index (Phi) is 4.39. The Bertz CT molecular complexity index is 1000. The van der Waals surface area contributed by atoms with Gasteiger partial charge in [-0.1, -0.05) is 92.3 Å². The number of para-hydroxylation sites is 1. The van der Waals surface area contributed by atoms with Crippen LogP contribution in [0.15, 0.2) is 66.7 Å². The summed E-state index contributed by atoms with van der Waals surface area (Å²) in [6.07, 6.45) is 6.88. The molecule has 1 aliphatic carbocycles. The molecular weight excluding hydrogens is 354 g/mol. The van der Waals surface area contributed by atoms with Crippen LogP contribution >= 0.6 is 0 Å². The van der Waals surface area contributed by atoms with E-state index in [1.165, 1.54) is 54.6 Å². The van der Waals surface area contributed by atoms with E-state index in [-0.39, 0.29) is 0 Å². The second-order valence-electron chi connectivity index (χ2n) is 8.73. The maximum Gasteiger partial charge on any atom is 0.156 e. The molecule has 1 heterocycles. The van der Waals surface area contributed by atoms with Crippen molar-refractivity contribution in [3.05, 3.63) is 77.9 Å². The van der Waals surface area contributed by atoms with Gasteiger partial charge in [0.2, 0.25) is 0 Å². The zero-order valence-electron chi connectivity index (χ0n) is 17.0. The van der Waals surface area contributed by atoms with Crippen LogP contribution in [0.2, 0.25) is 5.54 Å². The fraction of sp³-hybridized carbons (Fsp3) is 0.308. The minimum absolute atomic E-state index is 0.772. The molecule has 3 aromatic carbocycles. The predicted octanol–water partition coefficient (Wildman–Crippen LogP) is 5.16. The molecule has 28 heavy (non-hydrogen) atoms. The quantitative estimate of drug-likeness (QED) is 0.602. The summed E-state index contributed by atoms with van der Waals surface area (Å²) in [4.78, 5) is 0. The van der Waals surface area contributed by atoms with Crippen molar-refractivity contribution < 1.29 is 0 Å². The summed E-state index contributed by atoms with van der Waals surface area (Å²) >= 11 is 0. The van der Waals surface area contributed by atoms with E-state index in [0.29, 0.717) is 0 Å². The molecule has 2 aliphatic rings. The van der Waals surface area contributed by atoms with Crippen LogP contribution < -0.4 is 20.9 Å². The Balaban J connectivity index is 1.86. The first-order valence-corrected chi connectivity index (χ1v) is 12.8. The van der Waals surface area contributed by atoms with Crippen LogP contribution in [0.1, 0.15) is 43.2 Å². The van der Waals surface area contributed by atoms with Crippen LogP contribution in [0.4, 0.5) is 11.4 Å². The molecule has 0 radical (unpaired) electrons. The first-order chi connectivity index (χ1) is 13.7. The van der Waals surface area contributed by atoms with Gasteiger partial charge in [0.25, 0.3) is 0 Å². The van der Waals surface area contributed by atoms with Crippen LogP contribution in [0.3, 0.4) is 0 Å². The van der Waals surface area contributed by atoms with Crippen LogP contribution in [-0.4, -0.2) is 8.07 Å². The van der Waals surface area contributed by atoms with E-state index in [4.69, 9.17) is 0 Å². The number of aryl methyl sites for hydroxylation is 2. The molecule has 2 heteroatoms. The lowest BCUT2D eigenvalue weighted by Gasteiger charge is -2.46. The normalized spacial score (nSPS) is 21.5. The van der Waals surface area contributed by atoms with Gasteiger partial charge in [-0.05, 0) is 52.6 Å². The van der Waals surface area contributed by atoms with Crippen LogP contribution in [0.25, 0.3) is 0 Å². The van der Waals surface area contributed by atoms with Gasteiger partial charge in [-0.2, -0.15) is 0 Å². The summed E-state index contributed by atoms with van der Waals surface area (Å²) in [5, 5.41) is 8.55. The van der Waals surface area contributed by atoms with Gasteiger partial charge in [0.1, 0.15) is 0 Å². The highest BCUT2D eigenvalue weighted by atomic mass is 28.3. The Labute approximate surface area is 169 Å². The first kappa shape index (κ1) is 17.8. The zero-order valence-corrected chi connectivity index (χ0v) is 18.0. The summed E-state index contributed by atoms with van der Waals surface area (Å²) < 4.78 is 0. The summed E-state index contributed by atoms with van der Waals surface area (Å²) in [5.74, 6) is 0. The van der Waals surface area contributed by atoms with E-state index in [9.17, 15) is 0 Å². The molecule has 0 bridgehead atoms. The first-order valence-electron chi connectivity index (χ1n) is 10.7. The van der Waals surface area contributed by atoms with Crippen molar-refractivity contribution in [2.75, 3.05) is 5.32 Å². The van der Waals surface area contributed by atoms with Gasteiger partial charge >= 0.3 is 0 Å². The SMILES string of the molecule is Cc1ccc([Si]2(C3CCCCC3)c3ccccc3Nc3cc(C)ccc32)cc1. The molecule has 3 aromatic rings. The Morgan fingerprint density at radius 1 is 0.714 bits per heavy atom. The predicted molar refractivity (Wildman–Crippen MR) is 124 cm³/mol. The summed E-state index contributed by atoms with van der Waals surface area (Å²) in [7, 11) is -2.11. The molecule has 0 aromatic heterocycles. The van der Waals surface area contributed by atoms with Crippen molar-refractivity contribution in [2.24, 2.45) is 0 Å². The second kappa shape index (κ2) is 6.93. The zero-order chi connectivity index (χ0) is 19.1. The third kappa shape index (κ3) is 2.66. The average molecular weight is 384 g/mol. The minimum atomic E-state index is -2.11. The summed E-state index contributed by atoms with van der Waals surface area (Å²) in [6.45, 7) is 4.41. The number of hydrogen-bond donors (Lipinski definition) is 1. The number of fused-ring (bicyclic) bond motifs is 2. The van der Waals surface area contributed by atoms with E-state index in [0.717, 1.165) is 5.54 Å². The Hall–Kier alpha value is -2.32. The lowest BCUT2D eigenvalue weighted by atomic mass is 10.0. The monoisotopic (exact) mass is 383 g/mol. The standard InChI is InChI=1S/C26H29NSi/c1-19-12-15-22(16-13-19)28(21-8-4-3-5-9-21)25-11-7-6-10-23(25)27-24-18-20(2)14-17-26(24)28/h6-7,10-18,21,27H,3-5,8-9H2,1-2H3. The third-order valence-corrected chi connectivity index (χ3v) is 12.6. The number of rotatable bonds is 2. The average Bonchev–Trinajstić information content (AvgIpc) is 2.73. The van der Waals surface area contributed by atoms with Crippen molar-refractivity contribution in [1.29, 1.82) is 0 Å². The fourth-order valence-corrected chi connectivity index (χ4v) is 11.7. The molecule has 1 saturated carbocycles. The molecule has 142 valence electrons. The molecule has 5 rings (SSSR count). The minimum Gasteiger partial charge on any atom is -0.356 e. The number of anilines is 2. The number of benzene rings is 3. The maximum absolute atomic E-state index is 3.79. The van der Waals surface area contributed by atoms with Crippen LogP contribution in [0.5, 0.6) is 0 Å². The highest BCUT2D eigenvalue weighted by Crippen LogP contribution is 2.40. The van der Waals surface area contributed by atoms with Gasteiger partial charge in [0.15, 0.2) is 8.07 Å². The highest BCUT2D eigenvalue weighted by molar-refractivity contribution is 7.14. The molecule has 1 aliphatic heterocycles. The lowest BCUT2D eigenvalue weighted by Crippen LogP contribution is -2.72. The highest BCUT2D eigenvalue weighted by Gasteiger charge is 2.50. The molecular formula is C26H29NSi. The lowest BCUT2D eigenvalue weighted by molar-refractivity contribution is 0.497. The molecule has 0 spiro atoms. The van der Waals surface area contributed by atoms with Crippen LogP contribution in [-0.2, 0) is 0 Å². The van der Waals surface area contributed by atoms with Gasteiger partial charge in [-0.3, -0.25) is 0 Å². The van der Waals surface area contributed by atoms with Crippen LogP contribution in [0, 0.1) is 13.8 Å². The smallest absolute Gasteiger partial charge is 0.156 e. The fourth-order valence-electron chi connectivity index (χ4n) is 5.67. The topological polar surface area (TPSA) is 12.0 Å². The maximum atomic E-state index is 3.79. The largest absolute Gasteiger partial charge is 0.356 e. The van der Waals surface area contributed by atoms with Crippen molar-refractivity contribution in [3.63, 3.8) is 0 Å². The van der Waals surface area contributed by atoms with Gasteiger partial charge in [0.05, 0.1) is 0 Å². The molecule has 1 unspecified atom stereocenters. The second-order valence-corrected chi connectivity index (χ2v) is 12.8. The van der Waals surface area contributed by atoms with E-state index in [1.807, 2.05) is 0 Å². The third-order valence-electron chi connectivity index (χ3n) is 6.95. The van der Waals surface area contributed by atoms with Crippen molar-refractivity contribution in [1.82, 2.24) is 0 Å². The van der Waals surface area contributed by atoms with Crippen molar-refractivity contribution >= 4 is 35.0 Å². The van der Waals surface area contributed by atoms with E-state index in [2.05, 4.69) is 85.9 Å². The summed E-state index contributed by atoms with van der Waals surface area (Å²) in [6, 6.07) is 25.8. The molecule has 1 N–H and O–H groups in total. The molecule has 1 atom stereocenters. The molecule has 1 nitrogen and oxygen atoms in total. The summed E-state index contributed by atoms with van der Waals surface area (Å²) in [5.41, 5.74) is 6.13. The van der Waals surface area contributed by atoms with E-state index < -0.39 is 8.07 Å². The van der Waals surface area contributed by atoms with E-state index >= 15 is 0 Å². The van der Waals surface area contributed by atoms with Gasteiger partial charge < -0.3 is 5.32 Å². The number of nitrogens with one attached hydrogen (secondary N) is 1. The van der Waals surface area contributed by atoms with Gasteiger partial charge in [-0.25, -0.2) is 0 Å².